The Morgan fingerprint density at radius 1 is 1.21 bits per heavy atom. The number of amides is 1. The van der Waals surface area contributed by atoms with E-state index in [4.69, 9.17) is 5.41 Å². The zero-order valence-corrected chi connectivity index (χ0v) is 14.8. The van der Waals surface area contributed by atoms with Gasteiger partial charge in [-0.1, -0.05) is 18.2 Å². The molecule has 0 unspecified atom stereocenters. The molecule has 1 fully saturated rings. The number of aromatic nitrogens is 1. The predicted molar refractivity (Wildman–Crippen MR) is 99.5 cm³/mol. The van der Waals surface area contributed by atoms with Gasteiger partial charge in [-0.3, -0.25) is 15.6 Å². The molecule has 2 heterocycles. The van der Waals surface area contributed by atoms with Gasteiger partial charge in [0.25, 0.3) is 5.91 Å². The monoisotopic (exact) mass is 389 g/mol. The first-order chi connectivity index (χ1) is 13.3. The van der Waals surface area contributed by atoms with Crippen LogP contribution in [0.2, 0.25) is 0 Å². The van der Waals surface area contributed by atoms with Gasteiger partial charge in [0, 0.05) is 12.7 Å². The third kappa shape index (κ3) is 4.93. The average molecular weight is 389 g/mol. The molecule has 0 atom stereocenters. The molecule has 3 rings (SSSR count). The number of hydrogen-bond acceptors (Lipinski definition) is 5. The molecule has 0 saturated carbocycles. The molecule has 9 heteroatoms. The summed E-state index contributed by atoms with van der Waals surface area (Å²) in [6, 6.07) is 8.56. The van der Waals surface area contributed by atoms with Crippen molar-refractivity contribution in [3.63, 3.8) is 0 Å². The molecule has 146 valence electrons. The third-order valence-electron chi connectivity index (χ3n) is 4.18. The standard InChI is InChI=1S/C19H18F3N5O/c20-19(21,22)14-4-1-3-12(10-14)9-13-6-8-24-16(11-13)27-26-15-5-2-7-25-18(28)17(15)23/h1,3-4,6,8,10-11,23H,2,5,7,9H2,(H,24,27)(H,25,28)/b23-17?,26-15-. The van der Waals surface area contributed by atoms with Crippen LogP contribution in [0.5, 0.6) is 0 Å². The van der Waals surface area contributed by atoms with Gasteiger partial charge >= 0.3 is 6.18 Å². The van der Waals surface area contributed by atoms with E-state index in [-0.39, 0.29) is 5.71 Å². The van der Waals surface area contributed by atoms with Crippen LogP contribution in [0.25, 0.3) is 0 Å². The minimum atomic E-state index is -4.38. The van der Waals surface area contributed by atoms with Crippen molar-refractivity contribution in [2.45, 2.75) is 25.4 Å². The van der Waals surface area contributed by atoms with E-state index in [2.05, 4.69) is 20.8 Å². The fourth-order valence-electron chi connectivity index (χ4n) is 2.78. The van der Waals surface area contributed by atoms with Gasteiger partial charge in [0.1, 0.15) is 11.5 Å². The van der Waals surface area contributed by atoms with Crippen LogP contribution in [0, 0.1) is 5.41 Å². The number of halogens is 3. The van der Waals surface area contributed by atoms with E-state index in [1.54, 1.807) is 18.2 Å². The van der Waals surface area contributed by atoms with Crippen molar-refractivity contribution in [1.29, 1.82) is 5.41 Å². The number of hydrazone groups is 1. The van der Waals surface area contributed by atoms with Crippen LogP contribution >= 0.6 is 0 Å². The number of carbonyl (C=O) groups is 1. The molecule has 1 saturated heterocycles. The number of rotatable bonds is 4. The normalized spacial score (nSPS) is 16.6. The zero-order chi connectivity index (χ0) is 20.1. The SMILES string of the molecule is N=C1C(=O)NCCC/C1=N/Nc1cc(Cc2cccc(C(F)(F)F)c2)ccn1. The Morgan fingerprint density at radius 3 is 2.79 bits per heavy atom. The van der Waals surface area contributed by atoms with Crippen LogP contribution in [0.15, 0.2) is 47.7 Å². The summed E-state index contributed by atoms with van der Waals surface area (Å²) in [5.74, 6) is -0.0845. The molecule has 1 aliphatic rings. The van der Waals surface area contributed by atoms with Crippen molar-refractivity contribution in [2.24, 2.45) is 5.10 Å². The van der Waals surface area contributed by atoms with E-state index >= 15 is 0 Å². The summed E-state index contributed by atoms with van der Waals surface area (Å²) >= 11 is 0. The highest BCUT2D eigenvalue weighted by Gasteiger charge is 2.30. The van der Waals surface area contributed by atoms with Crippen molar-refractivity contribution < 1.29 is 18.0 Å². The molecule has 0 bridgehead atoms. The highest BCUT2D eigenvalue weighted by molar-refractivity contribution is 6.66. The maximum absolute atomic E-state index is 12.9. The maximum Gasteiger partial charge on any atom is 0.416 e. The van der Waals surface area contributed by atoms with Crippen LogP contribution in [0.3, 0.4) is 0 Å². The number of nitrogens with zero attached hydrogens (tertiary/aromatic N) is 2. The first-order valence-electron chi connectivity index (χ1n) is 8.64. The molecular formula is C19H18F3N5O. The first-order valence-corrected chi connectivity index (χ1v) is 8.64. The summed E-state index contributed by atoms with van der Waals surface area (Å²) in [4.78, 5) is 15.8. The molecule has 1 aliphatic heterocycles. The molecule has 1 amide bonds. The van der Waals surface area contributed by atoms with Crippen LogP contribution in [0.4, 0.5) is 19.0 Å². The number of alkyl halides is 3. The summed E-state index contributed by atoms with van der Waals surface area (Å²) in [5, 5.41) is 14.5. The van der Waals surface area contributed by atoms with E-state index in [1.807, 2.05) is 0 Å². The van der Waals surface area contributed by atoms with Gasteiger partial charge in [0.2, 0.25) is 0 Å². The second kappa shape index (κ2) is 8.20. The molecule has 1 aromatic heterocycles. The summed E-state index contributed by atoms with van der Waals surface area (Å²) in [6.07, 6.45) is -1.40. The van der Waals surface area contributed by atoms with E-state index in [9.17, 15) is 18.0 Å². The first kappa shape index (κ1) is 19.5. The molecule has 28 heavy (non-hydrogen) atoms. The Bertz CT molecular complexity index is 924. The lowest BCUT2D eigenvalue weighted by Crippen LogP contribution is -2.32. The van der Waals surface area contributed by atoms with Gasteiger partial charge in [-0.05, 0) is 48.6 Å². The Morgan fingerprint density at radius 2 is 2.00 bits per heavy atom. The molecule has 3 N–H and O–H groups in total. The maximum atomic E-state index is 12.9. The fraction of sp³-hybridized carbons (Fsp3) is 0.263. The van der Waals surface area contributed by atoms with E-state index in [1.165, 1.54) is 12.3 Å². The minimum Gasteiger partial charge on any atom is -0.351 e. The Hall–Kier alpha value is -3.23. The topological polar surface area (TPSA) is 90.2 Å². The largest absolute Gasteiger partial charge is 0.416 e. The summed E-state index contributed by atoms with van der Waals surface area (Å²) in [5.41, 5.74) is 3.47. The van der Waals surface area contributed by atoms with E-state index < -0.39 is 17.6 Å². The van der Waals surface area contributed by atoms with Crippen molar-refractivity contribution >= 4 is 23.1 Å². The lowest BCUT2D eigenvalue weighted by molar-refractivity contribution is -0.137. The van der Waals surface area contributed by atoms with Gasteiger partial charge in [-0.2, -0.15) is 18.3 Å². The van der Waals surface area contributed by atoms with Crippen LogP contribution in [-0.2, 0) is 17.4 Å². The van der Waals surface area contributed by atoms with Crippen molar-refractivity contribution in [3.05, 3.63) is 59.3 Å². The zero-order valence-electron chi connectivity index (χ0n) is 14.8. The average Bonchev–Trinajstić information content (AvgIpc) is 2.81. The summed E-state index contributed by atoms with van der Waals surface area (Å²) < 4.78 is 38.6. The van der Waals surface area contributed by atoms with Crippen LogP contribution in [0.1, 0.15) is 29.5 Å². The predicted octanol–water partition coefficient (Wildman–Crippen LogP) is 3.39. The van der Waals surface area contributed by atoms with E-state index in [0.717, 1.165) is 17.7 Å². The van der Waals surface area contributed by atoms with E-state index in [0.29, 0.717) is 42.9 Å². The minimum absolute atomic E-state index is 0.190. The number of benzene rings is 1. The fourth-order valence-corrected chi connectivity index (χ4v) is 2.78. The molecule has 1 aromatic carbocycles. The Kier molecular flexibility index (Phi) is 5.72. The Labute approximate surface area is 159 Å². The van der Waals surface area contributed by atoms with Gasteiger partial charge < -0.3 is 5.32 Å². The van der Waals surface area contributed by atoms with Crippen molar-refractivity contribution in [2.75, 3.05) is 12.0 Å². The lowest BCUT2D eigenvalue weighted by atomic mass is 10.0. The van der Waals surface area contributed by atoms with Gasteiger partial charge in [-0.15, -0.1) is 0 Å². The van der Waals surface area contributed by atoms with Crippen molar-refractivity contribution in [3.8, 4) is 0 Å². The molecular weight excluding hydrogens is 371 g/mol. The smallest absolute Gasteiger partial charge is 0.351 e. The number of hydrogen-bond donors (Lipinski definition) is 3. The third-order valence-corrected chi connectivity index (χ3v) is 4.18. The van der Waals surface area contributed by atoms with Crippen molar-refractivity contribution in [1.82, 2.24) is 10.3 Å². The second-order valence-corrected chi connectivity index (χ2v) is 6.33. The summed E-state index contributed by atoms with van der Waals surface area (Å²) in [7, 11) is 0. The van der Waals surface area contributed by atoms with Gasteiger partial charge in [0.05, 0.1) is 11.3 Å². The second-order valence-electron chi connectivity index (χ2n) is 6.33. The Balaban J connectivity index is 1.73. The number of anilines is 1. The quantitative estimate of drug-likeness (QED) is 0.700. The highest BCUT2D eigenvalue weighted by atomic mass is 19.4. The lowest BCUT2D eigenvalue weighted by Gasteiger charge is -2.09. The number of pyridine rings is 1. The van der Waals surface area contributed by atoms with Gasteiger partial charge in [0.15, 0.2) is 0 Å². The molecule has 6 nitrogen and oxygen atoms in total. The van der Waals surface area contributed by atoms with Crippen LogP contribution < -0.4 is 10.7 Å². The number of carbonyl (C=O) groups excluding carboxylic acids is 1. The number of nitrogens with one attached hydrogen (secondary N) is 3. The molecule has 0 radical (unpaired) electrons. The summed E-state index contributed by atoms with van der Waals surface area (Å²) in [6.45, 7) is 0.491. The highest BCUT2D eigenvalue weighted by Crippen LogP contribution is 2.30. The van der Waals surface area contributed by atoms with Gasteiger partial charge in [-0.25, -0.2) is 4.98 Å². The van der Waals surface area contributed by atoms with Crippen LogP contribution in [-0.4, -0.2) is 28.9 Å². The molecule has 2 aromatic rings. The molecule has 0 spiro atoms. The molecule has 0 aliphatic carbocycles.